The van der Waals surface area contributed by atoms with E-state index >= 15 is 0 Å². The molecule has 114 valence electrons. The van der Waals surface area contributed by atoms with Gasteiger partial charge in [-0.05, 0) is 19.9 Å². The number of aromatic nitrogens is 2. The molecular weight excluding hydrogens is 270 g/mol. The molecule has 0 saturated carbocycles. The van der Waals surface area contributed by atoms with Gasteiger partial charge in [-0.15, -0.1) is 0 Å². The summed E-state index contributed by atoms with van der Waals surface area (Å²) in [5, 5.41) is 0. The summed E-state index contributed by atoms with van der Waals surface area (Å²) in [5.41, 5.74) is 0.418. The van der Waals surface area contributed by atoms with Crippen molar-refractivity contribution in [2.24, 2.45) is 0 Å². The highest BCUT2D eigenvalue weighted by Gasteiger charge is 2.20. The van der Waals surface area contributed by atoms with Crippen molar-refractivity contribution in [3.05, 3.63) is 18.0 Å². The fraction of sp³-hybridized carbons (Fsp3) is 0.571. The van der Waals surface area contributed by atoms with Gasteiger partial charge in [0.1, 0.15) is 5.69 Å². The van der Waals surface area contributed by atoms with Crippen LogP contribution in [0.3, 0.4) is 0 Å². The lowest BCUT2D eigenvalue weighted by Gasteiger charge is -2.32. The maximum Gasteiger partial charge on any atom is 0.272 e. The Morgan fingerprint density at radius 3 is 2.52 bits per heavy atom. The molecule has 1 fully saturated rings. The number of rotatable bonds is 5. The Morgan fingerprint density at radius 1 is 1.29 bits per heavy atom. The average Bonchev–Trinajstić information content (AvgIpc) is 2.56. The number of piperazine rings is 1. The van der Waals surface area contributed by atoms with Crippen LogP contribution < -0.4 is 4.90 Å². The summed E-state index contributed by atoms with van der Waals surface area (Å²) in [6, 6.07) is 1.64. The third kappa shape index (κ3) is 3.48. The third-order valence-electron chi connectivity index (χ3n) is 3.66. The first-order valence-corrected chi connectivity index (χ1v) is 7.26. The van der Waals surface area contributed by atoms with Crippen molar-refractivity contribution in [3.63, 3.8) is 0 Å². The normalized spacial score (nSPS) is 15.0. The van der Waals surface area contributed by atoms with Crippen LogP contribution in [0.2, 0.25) is 0 Å². The molecule has 1 saturated heterocycles. The Morgan fingerprint density at radius 2 is 1.95 bits per heavy atom. The second-order valence-electron chi connectivity index (χ2n) is 4.85. The van der Waals surface area contributed by atoms with Crippen molar-refractivity contribution >= 4 is 18.3 Å². The molecule has 0 atom stereocenters. The van der Waals surface area contributed by atoms with Crippen molar-refractivity contribution in [3.8, 4) is 0 Å². The second-order valence-corrected chi connectivity index (χ2v) is 4.85. The molecule has 1 aromatic heterocycles. The molecule has 7 heteroatoms. The predicted octanol–water partition coefficient (Wildman–Crippen LogP) is 0.237. The fourth-order valence-electron chi connectivity index (χ4n) is 2.32. The van der Waals surface area contributed by atoms with E-state index in [1.165, 1.54) is 0 Å². The molecule has 2 amide bonds. The summed E-state index contributed by atoms with van der Waals surface area (Å²) in [7, 11) is 0. The number of carbonyl (C=O) groups is 2. The summed E-state index contributed by atoms with van der Waals surface area (Å²) in [6.45, 7) is 7.88. The van der Waals surface area contributed by atoms with Crippen molar-refractivity contribution < 1.29 is 9.59 Å². The van der Waals surface area contributed by atoms with Gasteiger partial charge in [-0.2, -0.15) is 0 Å². The second kappa shape index (κ2) is 7.01. The van der Waals surface area contributed by atoms with E-state index in [9.17, 15) is 9.59 Å². The van der Waals surface area contributed by atoms with Crippen LogP contribution in [0.5, 0.6) is 0 Å². The van der Waals surface area contributed by atoms with Gasteiger partial charge in [0.05, 0.1) is 0 Å². The summed E-state index contributed by atoms with van der Waals surface area (Å²) in [4.78, 5) is 37.1. The summed E-state index contributed by atoms with van der Waals surface area (Å²) in [5.74, 6) is 0.480. The minimum atomic E-state index is -0.0739. The van der Waals surface area contributed by atoms with E-state index in [1.807, 2.05) is 18.7 Å². The van der Waals surface area contributed by atoms with Crippen molar-refractivity contribution in [1.29, 1.82) is 0 Å². The molecule has 0 spiro atoms. The summed E-state index contributed by atoms with van der Waals surface area (Å²) in [6.07, 6.45) is 2.48. The first-order chi connectivity index (χ1) is 10.2. The van der Waals surface area contributed by atoms with E-state index in [-0.39, 0.29) is 5.91 Å². The van der Waals surface area contributed by atoms with Crippen LogP contribution in [0.4, 0.5) is 5.95 Å². The standard InChI is InChI=1S/C14H21N5O2/c1-3-18(4-2)13(21)12-5-6-15-14(16-12)19-9-7-17(11-20)8-10-19/h5-6,11H,3-4,7-10H2,1-2H3. The van der Waals surface area contributed by atoms with Crippen LogP contribution in [0.25, 0.3) is 0 Å². The average molecular weight is 291 g/mol. The van der Waals surface area contributed by atoms with Crippen LogP contribution in [-0.4, -0.2) is 71.4 Å². The monoisotopic (exact) mass is 291 g/mol. The smallest absolute Gasteiger partial charge is 0.272 e. The minimum Gasteiger partial charge on any atom is -0.342 e. The number of hydrogen-bond donors (Lipinski definition) is 0. The Kier molecular flexibility index (Phi) is 5.08. The molecule has 1 aromatic rings. The lowest BCUT2D eigenvalue weighted by molar-refractivity contribution is -0.118. The van der Waals surface area contributed by atoms with Gasteiger partial charge < -0.3 is 14.7 Å². The topological polar surface area (TPSA) is 69.6 Å². The van der Waals surface area contributed by atoms with E-state index in [1.54, 1.807) is 22.1 Å². The summed E-state index contributed by atoms with van der Waals surface area (Å²) < 4.78 is 0. The largest absolute Gasteiger partial charge is 0.342 e. The maximum atomic E-state index is 12.3. The van der Waals surface area contributed by atoms with Crippen molar-refractivity contribution in [2.75, 3.05) is 44.2 Å². The van der Waals surface area contributed by atoms with Gasteiger partial charge in [0.25, 0.3) is 5.91 Å². The zero-order valence-corrected chi connectivity index (χ0v) is 12.5. The van der Waals surface area contributed by atoms with Gasteiger partial charge in [-0.3, -0.25) is 9.59 Å². The molecule has 7 nitrogen and oxygen atoms in total. The third-order valence-corrected chi connectivity index (χ3v) is 3.66. The molecule has 0 unspecified atom stereocenters. The Balaban J connectivity index is 2.11. The Hall–Kier alpha value is -2.18. The molecule has 0 radical (unpaired) electrons. The van der Waals surface area contributed by atoms with Crippen LogP contribution >= 0.6 is 0 Å². The zero-order chi connectivity index (χ0) is 15.2. The van der Waals surface area contributed by atoms with Gasteiger partial charge >= 0.3 is 0 Å². The lowest BCUT2D eigenvalue weighted by atomic mass is 10.3. The first-order valence-electron chi connectivity index (χ1n) is 7.26. The maximum absolute atomic E-state index is 12.3. The molecule has 2 heterocycles. The molecule has 0 aliphatic carbocycles. The highest BCUT2D eigenvalue weighted by molar-refractivity contribution is 5.92. The fourth-order valence-corrected chi connectivity index (χ4v) is 2.32. The van der Waals surface area contributed by atoms with E-state index < -0.39 is 0 Å². The number of amides is 2. The molecular formula is C14H21N5O2. The highest BCUT2D eigenvalue weighted by atomic mass is 16.2. The number of nitrogens with zero attached hydrogens (tertiary/aromatic N) is 5. The van der Waals surface area contributed by atoms with Crippen LogP contribution in [0.1, 0.15) is 24.3 Å². The minimum absolute atomic E-state index is 0.0739. The highest BCUT2D eigenvalue weighted by Crippen LogP contribution is 2.12. The summed E-state index contributed by atoms with van der Waals surface area (Å²) >= 11 is 0. The molecule has 1 aliphatic rings. The van der Waals surface area contributed by atoms with Crippen molar-refractivity contribution in [1.82, 2.24) is 19.8 Å². The van der Waals surface area contributed by atoms with Crippen LogP contribution in [0.15, 0.2) is 12.3 Å². The molecule has 0 bridgehead atoms. The van der Waals surface area contributed by atoms with Gasteiger partial charge in [0.2, 0.25) is 12.4 Å². The Bertz CT molecular complexity index is 496. The van der Waals surface area contributed by atoms with Crippen LogP contribution in [0, 0.1) is 0 Å². The lowest BCUT2D eigenvalue weighted by Crippen LogP contribution is -2.46. The number of hydrogen-bond acceptors (Lipinski definition) is 5. The van der Waals surface area contributed by atoms with Gasteiger partial charge in [-0.1, -0.05) is 0 Å². The van der Waals surface area contributed by atoms with E-state index in [0.29, 0.717) is 50.9 Å². The van der Waals surface area contributed by atoms with Gasteiger partial charge in [0.15, 0.2) is 0 Å². The molecule has 0 aromatic carbocycles. The Labute approximate surface area is 124 Å². The van der Waals surface area contributed by atoms with E-state index in [4.69, 9.17) is 0 Å². The zero-order valence-electron chi connectivity index (χ0n) is 12.5. The van der Waals surface area contributed by atoms with E-state index in [0.717, 1.165) is 6.41 Å². The number of anilines is 1. The van der Waals surface area contributed by atoms with Gasteiger partial charge in [-0.25, -0.2) is 9.97 Å². The number of carbonyl (C=O) groups excluding carboxylic acids is 2. The SMILES string of the molecule is CCN(CC)C(=O)c1ccnc(N2CCN(C=O)CC2)n1. The molecule has 21 heavy (non-hydrogen) atoms. The predicted molar refractivity (Wildman–Crippen MR) is 79.1 cm³/mol. The molecule has 1 aliphatic heterocycles. The van der Waals surface area contributed by atoms with Crippen molar-refractivity contribution in [2.45, 2.75) is 13.8 Å². The molecule has 2 rings (SSSR count). The van der Waals surface area contributed by atoms with E-state index in [2.05, 4.69) is 9.97 Å². The molecule has 0 N–H and O–H groups in total. The quantitative estimate of drug-likeness (QED) is 0.727. The van der Waals surface area contributed by atoms with Gasteiger partial charge in [0, 0.05) is 45.5 Å². The van der Waals surface area contributed by atoms with Crippen LogP contribution in [-0.2, 0) is 4.79 Å². The first kappa shape index (κ1) is 15.2.